The van der Waals surface area contributed by atoms with E-state index in [1.807, 2.05) is 0 Å². The number of benzene rings is 2. The van der Waals surface area contributed by atoms with Gasteiger partial charge in [-0.3, -0.25) is 4.21 Å². The third kappa shape index (κ3) is 2.88. The number of H-pyrrole nitrogens is 2. The molecular weight excluding hydrogens is 383 g/mol. The largest absolute Gasteiger partial charge is 0.768 e. The number of aromatic nitrogens is 3. The summed E-state index contributed by atoms with van der Waals surface area (Å²) in [7, 11) is 0. The minimum absolute atomic E-state index is 0.0194. The quantitative estimate of drug-likeness (QED) is 0.513. The molecule has 0 aliphatic carbocycles. The predicted octanol–water partition coefficient (Wildman–Crippen LogP) is 4.01. The first-order valence-corrected chi connectivity index (χ1v) is 8.59. The van der Waals surface area contributed by atoms with Gasteiger partial charge in [0.1, 0.15) is 17.4 Å². The van der Waals surface area contributed by atoms with Gasteiger partial charge in [0, 0.05) is 24.0 Å². The SMILES string of the molecule is O=S([O-])c1c(Oc2ccc(F)c(-c3ncc[nH]3)c2)c(F)c(F)c2[nH]ccc12. The maximum Gasteiger partial charge on any atom is 0.204 e. The van der Waals surface area contributed by atoms with Gasteiger partial charge in [-0.2, -0.15) is 4.39 Å². The molecule has 2 heterocycles. The van der Waals surface area contributed by atoms with Crippen molar-refractivity contribution in [2.75, 3.05) is 0 Å². The Balaban J connectivity index is 1.87. The fraction of sp³-hybridized carbons (Fsp3) is 0. The Hall–Kier alpha value is -3.11. The number of hydrogen-bond donors (Lipinski definition) is 2. The van der Waals surface area contributed by atoms with E-state index in [0.717, 1.165) is 12.1 Å². The fourth-order valence-corrected chi connectivity index (χ4v) is 3.34. The smallest absolute Gasteiger partial charge is 0.204 e. The van der Waals surface area contributed by atoms with E-state index in [1.54, 1.807) is 0 Å². The molecule has 1 unspecified atom stereocenters. The summed E-state index contributed by atoms with van der Waals surface area (Å²) < 4.78 is 71.4. The van der Waals surface area contributed by atoms with Crippen LogP contribution in [0.2, 0.25) is 0 Å². The number of imidazole rings is 1. The van der Waals surface area contributed by atoms with Crippen molar-refractivity contribution in [1.29, 1.82) is 0 Å². The summed E-state index contributed by atoms with van der Waals surface area (Å²) in [6.45, 7) is 0. The molecule has 2 N–H and O–H groups in total. The van der Waals surface area contributed by atoms with Crippen molar-refractivity contribution in [3.8, 4) is 22.9 Å². The number of hydrogen-bond acceptors (Lipinski definition) is 4. The van der Waals surface area contributed by atoms with Gasteiger partial charge < -0.3 is 19.3 Å². The lowest BCUT2D eigenvalue weighted by molar-refractivity contribution is 0.406. The molecule has 2 aromatic carbocycles. The standard InChI is InChI=1S/C17H10F3N3O3S/c18-11-2-1-8(7-10(11)17-22-5-6-23-17)26-15-13(20)12(19)14-9(3-4-21-14)16(15)27(24)25/h1-7,21H,(H,22,23)(H,24,25)/p-1. The van der Waals surface area contributed by atoms with E-state index in [4.69, 9.17) is 4.74 Å². The number of rotatable bonds is 4. The van der Waals surface area contributed by atoms with E-state index in [9.17, 15) is 21.9 Å². The molecule has 6 nitrogen and oxygen atoms in total. The minimum Gasteiger partial charge on any atom is -0.768 e. The average Bonchev–Trinajstić information content (AvgIpc) is 3.32. The summed E-state index contributed by atoms with van der Waals surface area (Å²) in [5, 5.41) is -0.0643. The lowest BCUT2D eigenvalue weighted by atomic mass is 10.2. The maximum absolute atomic E-state index is 14.5. The van der Waals surface area contributed by atoms with E-state index in [0.29, 0.717) is 0 Å². The summed E-state index contributed by atoms with van der Waals surface area (Å²) >= 11 is -2.92. The van der Waals surface area contributed by atoms with E-state index in [-0.39, 0.29) is 28.0 Å². The topological polar surface area (TPSA) is 93.8 Å². The second kappa shape index (κ2) is 6.56. The van der Waals surface area contributed by atoms with Crippen molar-refractivity contribution in [2.24, 2.45) is 0 Å². The van der Waals surface area contributed by atoms with Crippen molar-refractivity contribution in [3.05, 3.63) is 60.3 Å². The number of nitrogens with zero attached hydrogens (tertiary/aromatic N) is 1. The molecule has 10 heteroatoms. The zero-order valence-electron chi connectivity index (χ0n) is 13.3. The summed E-state index contributed by atoms with van der Waals surface area (Å²) in [5.74, 6) is -4.11. The highest BCUT2D eigenvalue weighted by Crippen LogP contribution is 2.39. The molecule has 1 atom stereocenters. The zero-order chi connectivity index (χ0) is 19.1. The molecule has 0 aliphatic rings. The summed E-state index contributed by atoms with van der Waals surface area (Å²) in [6.07, 6.45) is 4.17. The summed E-state index contributed by atoms with van der Waals surface area (Å²) in [5.41, 5.74) is -0.277. The van der Waals surface area contributed by atoms with Crippen LogP contribution in [-0.4, -0.2) is 23.7 Å². The van der Waals surface area contributed by atoms with Gasteiger partial charge in [0.05, 0.1) is 16.0 Å². The summed E-state index contributed by atoms with van der Waals surface area (Å²) in [6, 6.07) is 4.70. The van der Waals surface area contributed by atoms with Crippen molar-refractivity contribution in [2.45, 2.75) is 4.90 Å². The number of halogens is 3. The van der Waals surface area contributed by atoms with Crippen LogP contribution in [0.3, 0.4) is 0 Å². The van der Waals surface area contributed by atoms with Crippen LogP contribution in [0, 0.1) is 17.5 Å². The third-order valence-electron chi connectivity index (χ3n) is 3.89. The Kier molecular flexibility index (Phi) is 4.21. The van der Waals surface area contributed by atoms with Gasteiger partial charge in [-0.05, 0) is 35.3 Å². The highest BCUT2D eigenvalue weighted by atomic mass is 32.2. The van der Waals surface area contributed by atoms with Crippen LogP contribution < -0.4 is 4.74 Å². The Morgan fingerprint density at radius 2 is 1.89 bits per heavy atom. The van der Waals surface area contributed by atoms with Crippen LogP contribution in [0.4, 0.5) is 13.2 Å². The first kappa shape index (κ1) is 17.3. The minimum atomic E-state index is -2.92. The second-order valence-corrected chi connectivity index (χ2v) is 6.35. The normalized spacial score (nSPS) is 12.4. The lowest BCUT2D eigenvalue weighted by Crippen LogP contribution is -2.02. The van der Waals surface area contributed by atoms with Gasteiger partial charge >= 0.3 is 0 Å². The van der Waals surface area contributed by atoms with Gasteiger partial charge in [-0.1, -0.05) is 0 Å². The van der Waals surface area contributed by atoms with Gasteiger partial charge in [0.15, 0.2) is 11.6 Å². The Labute approximate surface area is 152 Å². The average molecular weight is 392 g/mol. The molecule has 4 aromatic rings. The molecule has 138 valence electrons. The van der Waals surface area contributed by atoms with Gasteiger partial charge in [0.2, 0.25) is 5.82 Å². The highest BCUT2D eigenvalue weighted by molar-refractivity contribution is 7.79. The molecule has 4 rings (SSSR count). The zero-order valence-corrected chi connectivity index (χ0v) is 14.1. The number of nitrogens with one attached hydrogen (secondary N) is 2. The predicted molar refractivity (Wildman–Crippen MR) is 89.5 cm³/mol. The molecular formula is C17H9F3N3O3S-. The second-order valence-electron chi connectivity index (χ2n) is 5.47. The van der Waals surface area contributed by atoms with Gasteiger partial charge in [0.25, 0.3) is 0 Å². The first-order chi connectivity index (χ1) is 13.0. The summed E-state index contributed by atoms with van der Waals surface area (Å²) in [4.78, 5) is 8.53. The molecule has 27 heavy (non-hydrogen) atoms. The number of aromatic amines is 2. The highest BCUT2D eigenvalue weighted by Gasteiger charge is 2.24. The molecule has 0 radical (unpaired) electrons. The first-order valence-electron chi connectivity index (χ1n) is 7.52. The molecule has 0 saturated carbocycles. The van der Waals surface area contributed by atoms with Crippen molar-refractivity contribution < 1.29 is 26.7 Å². The fourth-order valence-electron chi connectivity index (χ4n) is 2.71. The third-order valence-corrected chi connectivity index (χ3v) is 4.63. The molecule has 0 amide bonds. The van der Waals surface area contributed by atoms with E-state index in [1.165, 1.54) is 30.7 Å². The van der Waals surface area contributed by atoms with E-state index < -0.39 is 39.2 Å². The Morgan fingerprint density at radius 3 is 2.59 bits per heavy atom. The van der Waals surface area contributed by atoms with Crippen molar-refractivity contribution in [3.63, 3.8) is 0 Å². The number of ether oxygens (including phenoxy) is 1. The Bertz CT molecular complexity index is 1180. The maximum atomic E-state index is 14.5. The molecule has 0 spiro atoms. The molecule has 0 bridgehead atoms. The lowest BCUT2D eigenvalue weighted by Gasteiger charge is -2.16. The van der Waals surface area contributed by atoms with E-state index >= 15 is 0 Å². The van der Waals surface area contributed by atoms with Crippen LogP contribution in [0.25, 0.3) is 22.3 Å². The van der Waals surface area contributed by atoms with Gasteiger partial charge in [-0.15, -0.1) is 0 Å². The Morgan fingerprint density at radius 1 is 1.07 bits per heavy atom. The van der Waals surface area contributed by atoms with Crippen LogP contribution in [-0.2, 0) is 11.1 Å². The van der Waals surface area contributed by atoms with Crippen LogP contribution in [0.1, 0.15) is 0 Å². The monoisotopic (exact) mass is 392 g/mol. The van der Waals surface area contributed by atoms with Crippen molar-refractivity contribution in [1.82, 2.24) is 15.0 Å². The number of fused-ring (bicyclic) bond motifs is 1. The van der Waals surface area contributed by atoms with Crippen LogP contribution >= 0.6 is 0 Å². The van der Waals surface area contributed by atoms with Crippen molar-refractivity contribution >= 4 is 22.0 Å². The molecule has 0 saturated heterocycles. The molecule has 0 fully saturated rings. The molecule has 2 aromatic heterocycles. The van der Waals surface area contributed by atoms with E-state index in [2.05, 4.69) is 15.0 Å². The molecule has 0 aliphatic heterocycles. The van der Waals surface area contributed by atoms with Crippen LogP contribution in [0.5, 0.6) is 11.5 Å². The van der Waals surface area contributed by atoms with Crippen LogP contribution in [0.15, 0.2) is 47.8 Å². The van der Waals surface area contributed by atoms with Gasteiger partial charge in [-0.25, -0.2) is 13.8 Å².